The third kappa shape index (κ3) is 6.84. The van der Waals surface area contributed by atoms with Crippen molar-refractivity contribution >= 4 is 29.9 Å². The maximum atomic E-state index is 12.5. The Bertz CT molecular complexity index is 570. The summed E-state index contributed by atoms with van der Waals surface area (Å²) in [6.07, 6.45) is 1.53. The standard InChI is InChI=1S/C17H25F2N3O3.HI/c1-20-16(22-11-17(6-8-23)7-9-24-12-17)21-10-13-4-2-3-5-14(13)25-15(18)19;/h2-5,15,23H,6-12H2,1H3,(H2,20,21,22);1H. The number of aliphatic imine (C=N–C) groups is 1. The van der Waals surface area contributed by atoms with Gasteiger partial charge in [0.2, 0.25) is 0 Å². The molecule has 0 aromatic heterocycles. The van der Waals surface area contributed by atoms with Gasteiger partial charge in [0.05, 0.1) is 6.61 Å². The number of alkyl halides is 2. The first kappa shape index (κ1) is 22.8. The first-order valence-electron chi connectivity index (χ1n) is 8.24. The van der Waals surface area contributed by atoms with Crippen LogP contribution in [0.2, 0.25) is 0 Å². The highest BCUT2D eigenvalue weighted by molar-refractivity contribution is 14.0. The first-order valence-corrected chi connectivity index (χ1v) is 8.24. The number of para-hydroxylation sites is 1. The fraction of sp³-hybridized carbons (Fsp3) is 0.588. The average Bonchev–Trinajstić information content (AvgIpc) is 3.05. The minimum absolute atomic E-state index is 0. The number of rotatable bonds is 8. The van der Waals surface area contributed by atoms with Gasteiger partial charge in [-0.3, -0.25) is 4.99 Å². The van der Waals surface area contributed by atoms with Crippen molar-refractivity contribution < 1.29 is 23.4 Å². The van der Waals surface area contributed by atoms with Crippen molar-refractivity contribution in [1.29, 1.82) is 0 Å². The molecular weight excluding hydrogens is 459 g/mol. The fourth-order valence-electron chi connectivity index (χ4n) is 2.84. The van der Waals surface area contributed by atoms with Crippen LogP contribution in [0.4, 0.5) is 8.78 Å². The van der Waals surface area contributed by atoms with Gasteiger partial charge in [0.15, 0.2) is 5.96 Å². The molecule has 0 radical (unpaired) electrons. The van der Waals surface area contributed by atoms with Crippen molar-refractivity contribution in [2.75, 3.05) is 33.4 Å². The Morgan fingerprint density at radius 2 is 2.15 bits per heavy atom. The van der Waals surface area contributed by atoms with Gasteiger partial charge in [-0.05, 0) is 18.9 Å². The van der Waals surface area contributed by atoms with Crippen molar-refractivity contribution in [3.63, 3.8) is 0 Å². The minimum Gasteiger partial charge on any atom is -0.434 e. The summed E-state index contributed by atoms with van der Waals surface area (Å²) in [5, 5.41) is 15.6. The Kier molecular flexibility index (Phi) is 10.1. The van der Waals surface area contributed by atoms with E-state index in [9.17, 15) is 13.9 Å². The van der Waals surface area contributed by atoms with Crippen LogP contribution in [-0.4, -0.2) is 51.1 Å². The van der Waals surface area contributed by atoms with E-state index in [-0.39, 0.29) is 41.7 Å². The zero-order valence-electron chi connectivity index (χ0n) is 14.7. The largest absolute Gasteiger partial charge is 0.434 e. The number of hydrogen-bond donors (Lipinski definition) is 3. The molecule has 0 aliphatic carbocycles. The molecule has 148 valence electrons. The predicted molar refractivity (Wildman–Crippen MR) is 106 cm³/mol. The molecule has 2 rings (SSSR count). The summed E-state index contributed by atoms with van der Waals surface area (Å²) in [5.41, 5.74) is 0.503. The normalized spacial score (nSPS) is 20.0. The summed E-state index contributed by atoms with van der Waals surface area (Å²) >= 11 is 0. The second kappa shape index (κ2) is 11.5. The number of guanidine groups is 1. The molecule has 1 heterocycles. The molecule has 1 aromatic carbocycles. The molecular formula is C17H26F2IN3O3. The zero-order valence-corrected chi connectivity index (χ0v) is 17.0. The number of benzene rings is 1. The Labute approximate surface area is 169 Å². The fourth-order valence-corrected chi connectivity index (χ4v) is 2.84. The molecule has 9 heteroatoms. The number of aliphatic hydroxyl groups excluding tert-OH is 1. The van der Waals surface area contributed by atoms with Gasteiger partial charge in [0.25, 0.3) is 0 Å². The highest BCUT2D eigenvalue weighted by Gasteiger charge is 2.34. The van der Waals surface area contributed by atoms with Crippen molar-refractivity contribution in [2.24, 2.45) is 10.4 Å². The molecule has 0 bridgehead atoms. The van der Waals surface area contributed by atoms with E-state index in [4.69, 9.17) is 4.74 Å². The van der Waals surface area contributed by atoms with Gasteiger partial charge in [-0.2, -0.15) is 8.78 Å². The number of aliphatic hydroxyl groups is 1. The molecule has 1 fully saturated rings. The average molecular weight is 485 g/mol. The SMILES string of the molecule is CN=C(NCc1ccccc1OC(F)F)NCC1(CCO)CCOC1.I. The van der Waals surface area contributed by atoms with E-state index >= 15 is 0 Å². The van der Waals surface area contributed by atoms with E-state index in [0.29, 0.717) is 44.2 Å². The van der Waals surface area contributed by atoms with Gasteiger partial charge in [0.1, 0.15) is 5.75 Å². The van der Waals surface area contributed by atoms with E-state index in [0.717, 1.165) is 6.42 Å². The van der Waals surface area contributed by atoms with Crippen molar-refractivity contribution in [3.8, 4) is 5.75 Å². The molecule has 1 saturated heterocycles. The Morgan fingerprint density at radius 1 is 1.38 bits per heavy atom. The lowest BCUT2D eigenvalue weighted by molar-refractivity contribution is -0.0504. The van der Waals surface area contributed by atoms with Gasteiger partial charge in [-0.25, -0.2) is 0 Å². The van der Waals surface area contributed by atoms with Crippen molar-refractivity contribution in [1.82, 2.24) is 10.6 Å². The van der Waals surface area contributed by atoms with Gasteiger partial charge >= 0.3 is 6.61 Å². The number of hydrogen-bond acceptors (Lipinski definition) is 4. The van der Waals surface area contributed by atoms with Gasteiger partial charge in [-0.1, -0.05) is 18.2 Å². The van der Waals surface area contributed by atoms with E-state index in [1.54, 1.807) is 25.2 Å². The van der Waals surface area contributed by atoms with E-state index in [1.807, 2.05) is 0 Å². The van der Waals surface area contributed by atoms with E-state index in [1.165, 1.54) is 6.07 Å². The summed E-state index contributed by atoms with van der Waals surface area (Å²) in [7, 11) is 1.64. The van der Waals surface area contributed by atoms with Gasteiger partial charge < -0.3 is 25.2 Å². The Morgan fingerprint density at radius 3 is 2.77 bits per heavy atom. The molecule has 1 aliphatic rings. The second-order valence-electron chi connectivity index (χ2n) is 6.04. The van der Waals surface area contributed by atoms with Crippen LogP contribution in [0.5, 0.6) is 5.75 Å². The number of nitrogens with one attached hydrogen (secondary N) is 2. The number of nitrogens with zero attached hydrogens (tertiary/aromatic N) is 1. The molecule has 1 unspecified atom stereocenters. The van der Waals surface area contributed by atoms with Gasteiger partial charge in [0, 0.05) is 44.3 Å². The summed E-state index contributed by atoms with van der Waals surface area (Å²) < 4.78 is 34.9. The van der Waals surface area contributed by atoms with Crippen molar-refractivity contribution in [3.05, 3.63) is 29.8 Å². The smallest absolute Gasteiger partial charge is 0.387 e. The van der Waals surface area contributed by atoms with Crippen LogP contribution in [0.25, 0.3) is 0 Å². The molecule has 0 amide bonds. The third-order valence-corrected chi connectivity index (χ3v) is 4.32. The Hall–Kier alpha value is -1.20. The lowest BCUT2D eigenvalue weighted by Crippen LogP contribution is -2.44. The lowest BCUT2D eigenvalue weighted by atomic mass is 9.84. The third-order valence-electron chi connectivity index (χ3n) is 4.32. The molecule has 3 N–H and O–H groups in total. The molecule has 1 atom stereocenters. The molecule has 1 aromatic rings. The second-order valence-corrected chi connectivity index (χ2v) is 6.04. The van der Waals surface area contributed by atoms with Gasteiger partial charge in [-0.15, -0.1) is 24.0 Å². The molecule has 0 spiro atoms. The summed E-state index contributed by atoms with van der Waals surface area (Å²) in [4.78, 5) is 4.15. The van der Waals surface area contributed by atoms with Crippen LogP contribution < -0.4 is 15.4 Å². The van der Waals surface area contributed by atoms with E-state index in [2.05, 4.69) is 20.4 Å². The highest BCUT2D eigenvalue weighted by atomic mass is 127. The summed E-state index contributed by atoms with van der Waals surface area (Å²) in [6, 6.07) is 6.63. The summed E-state index contributed by atoms with van der Waals surface area (Å²) in [5.74, 6) is 0.692. The minimum atomic E-state index is -2.86. The molecule has 6 nitrogen and oxygen atoms in total. The van der Waals surface area contributed by atoms with Crippen LogP contribution in [-0.2, 0) is 11.3 Å². The molecule has 1 aliphatic heterocycles. The lowest BCUT2D eigenvalue weighted by Gasteiger charge is -2.27. The topological polar surface area (TPSA) is 75.1 Å². The summed E-state index contributed by atoms with van der Waals surface area (Å²) in [6.45, 7) is -0.558. The predicted octanol–water partition coefficient (Wildman–Crippen LogP) is 2.36. The van der Waals surface area contributed by atoms with Crippen LogP contribution in [0.3, 0.4) is 0 Å². The molecule has 26 heavy (non-hydrogen) atoms. The maximum absolute atomic E-state index is 12.5. The van der Waals surface area contributed by atoms with Crippen LogP contribution in [0.15, 0.2) is 29.3 Å². The number of ether oxygens (including phenoxy) is 2. The van der Waals surface area contributed by atoms with Crippen LogP contribution >= 0.6 is 24.0 Å². The van der Waals surface area contributed by atoms with E-state index < -0.39 is 6.61 Å². The van der Waals surface area contributed by atoms with Crippen LogP contribution in [0, 0.1) is 5.41 Å². The quantitative estimate of drug-likeness (QED) is 0.300. The zero-order chi connectivity index (χ0) is 18.1. The van der Waals surface area contributed by atoms with Crippen molar-refractivity contribution in [2.45, 2.75) is 26.0 Å². The first-order chi connectivity index (χ1) is 12.1. The monoisotopic (exact) mass is 485 g/mol. The Balaban J connectivity index is 0.00000338. The number of halogens is 3. The van der Waals surface area contributed by atoms with Crippen LogP contribution in [0.1, 0.15) is 18.4 Å². The maximum Gasteiger partial charge on any atom is 0.387 e. The molecule has 0 saturated carbocycles. The highest BCUT2D eigenvalue weighted by Crippen LogP contribution is 2.31.